The molecule has 4 rings (SSSR count). The molecule has 4 heterocycles. The third-order valence-electron chi connectivity index (χ3n) is 5.34. The Morgan fingerprint density at radius 2 is 2.15 bits per heavy atom. The molecular formula is C19H21N3O3S2. The van der Waals surface area contributed by atoms with Gasteiger partial charge in [0.05, 0.1) is 13.1 Å². The highest BCUT2D eigenvalue weighted by molar-refractivity contribution is 7.99. The van der Waals surface area contributed by atoms with Gasteiger partial charge < -0.3 is 9.88 Å². The van der Waals surface area contributed by atoms with Gasteiger partial charge in [0.2, 0.25) is 0 Å². The van der Waals surface area contributed by atoms with Crippen LogP contribution >= 0.6 is 23.1 Å². The van der Waals surface area contributed by atoms with E-state index in [1.807, 2.05) is 31.4 Å². The van der Waals surface area contributed by atoms with Gasteiger partial charge in [0, 0.05) is 27.6 Å². The average Bonchev–Trinajstić information content (AvgIpc) is 3.40. The second-order valence-electron chi connectivity index (χ2n) is 7.08. The van der Waals surface area contributed by atoms with Crippen molar-refractivity contribution in [2.75, 3.05) is 18.1 Å². The number of carbonyl (C=O) groups excluding carboxylic acids is 3. The normalized spacial score (nSPS) is 22.1. The SMILES string of the molecule is Cc1cc(C(=O)CN2C(=O)NC3(CCSC3)C2=O)c(C)n1Cc1cccs1. The summed E-state index contributed by atoms with van der Waals surface area (Å²) in [4.78, 5) is 40.2. The Kier molecular flexibility index (Phi) is 4.63. The fourth-order valence-electron chi connectivity index (χ4n) is 3.77. The van der Waals surface area contributed by atoms with Gasteiger partial charge in [-0.25, -0.2) is 4.79 Å². The molecule has 8 heteroatoms. The van der Waals surface area contributed by atoms with E-state index in [1.54, 1.807) is 23.1 Å². The number of hydrogen-bond acceptors (Lipinski definition) is 5. The van der Waals surface area contributed by atoms with Crippen molar-refractivity contribution in [3.8, 4) is 0 Å². The Bertz CT molecular complexity index is 911. The molecule has 2 aliphatic rings. The van der Waals surface area contributed by atoms with E-state index in [0.717, 1.165) is 22.0 Å². The van der Waals surface area contributed by atoms with Gasteiger partial charge in [-0.15, -0.1) is 11.3 Å². The summed E-state index contributed by atoms with van der Waals surface area (Å²) < 4.78 is 2.10. The molecule has 0 bridgehead atoms. The Morgan fingerprint density at radius 1 is 1.33 bits per heavy atom. The zero-order valence-corrected chi connectivity index (χ0v) is 16.9. The Balaban J connectivity index is 1.53. The number of amides is 3. The van der Waals surface area contributed by atoms with E-state index in [0.29, 0.717) is 24.3 Å². The van der Waals surface area contributed by atoms with Crippen LogP contribution in [0.1, 0.15) is 33.0 Å². The van der Waals surface area contributed by atoms with Gasteiger partial charge in [-0.2, -0.15) is 11.8 Å². The zero-order valence-electron chi connectivity index (χ0n) is 15.3. The van der Waals surface area contributed by atoms with Crippen LogP contribution in [0.5, 0.6) is 0 Å². The van der Waals surface area contributed by atoms with E-state index in [2.05, 4.69) is 16.0 Å². The number of ketones is 1. The summed E-state index contributed by atoms with van der Waals surface area (Å²) >= 11 is 3.33. The highest BCUT2D eigenvalue weighted by Crippen LogP contribution is 2.33. The van der Waals surface area contributed by atoms with Crippen LogP contribution < -0.4 is 5.32 Å². The molecule has 0 saturated carbocycles. The van der Waals surface area contributed by atoms with E-state index >= 15 is 0 Å². The molecule has 2 aromatic heterocycles. The molecule has 0 radical (unpaired) electrons. The number of carbonyl (C=O) groups is 3. The lowest BCUT2D eigenvalue weighted by Gasteiger charge is -2.19. The smallest absolute Gasteiger partial charge is 0.325 e. The van der Waals surface area contributed by atoms with E-state index in [4.69, 9.17) is 0 Å². The first-order valence-corrected chi connectivity index (χ1v) is 10.9. The van der Waals surface area contributed by atoms with Crippen LogP contribution in [-0.2, 0) is 11.3 Å². The van der Waals surface area contributed by atoms with Crippen molar-refractivity contribution in [1.29, 1.82) is 0 Å². The number of thioether (sulfide) groups is 1. The molecule has 1 N–H and O–H groups in total. The van der Waals surface area contributed by atoms with Crippen LogP contribution in [0.3, 0.4) is 0 Å². The van der Waals surface area contributed by atoms with Crippen molar-refractivity contribution in [2.45, 2.75) is 32.4 Å². The molecule has 27 heavy (non-hydrogen) atoms. The highest BCUT2D eigenvalue weighted by Gasteiger charge is 2.53. The lowest BCUT2D eigenvalue weighted by molar-refractivity contribution is -0.130. The Morgan fingerprint density at radius 3 is 2.81 bits per heavy atom. The number of nitrogens with zero attached hydrogens (tertiary/aromatic N) is 2. The van der Waals surface area contributed by atoms with Crippen molar-refractivity contribution in [1.82, 2.24) is 14.8 Å². The first-order chi connectivity index (χ1) is 12.9. The molecule has 2 aliphatic heterocycles. The Labute approximate surface area is 165 Å². The van der Waals surface area contributed by atoms with Crippen molar-refractivity contribution in [3.63, 3.8) is 0 Å². The fourth-order valence-corrected chi connectivity index (χ4v) is 5.78. The summed E-state index contributed by atoms with van der Waals surface area (Å²) in [7, 11) is 0. The number of hydrogen-bond donors (Lipinski definition) is 1. The minimum Gasteiger partial charge on any atom is -0.343 e. The zero-order chi connectivity index (χ0) is 19.2. The maximum atomic E-state index is 12.9. The number of nitrogens with one attached hydrogen (secondary N) is 1. The third-order valence-corrected chi connectivity index (χ3v) is 7.39. The van der Waals surface area contributed by atoms with Gasteiger partial charge in [-0.05, 0) is 43.5 Å². The molecule has 3 amide bonds. The van der Waals surface area contributed by atoms with Crippen molar-refractivity contribution in [2.24, 2.45) is 0 Å². The van der Waals surface area contributed by atoms with Crippen LogP contribution in [0, 0.1) is 13.8 Å². The fraction of sp³-hybridized carbons (Fsp3) is 0.421. The first-order valence-electron chi connectivity index (χ1n) is 8.85. The molecular weight excluding hydrogens is 382 g/mol. The molecule has 1 unspecified atom stereocenters. The summed E-state index contributed by atoms with van der Waals surface area (Å²) in [6, 6.07) is 5.47. The van der Waals surface area contributed by atoms with Gasteiger partial charge >= 0.3 is 6.03 Å². The van der Waals surface area contributed by atoms with E-state index in [9.17, 15) is 14.4 Å². The molecule has 2 aromatic rings. The minimum absolute atomic E-state index is 0.202. The molecule has 2 fully saturated rings. The molecule has 1 spiro atoms. The van der Waals surface area contributed by atoms with E-state index in [1.165, 1.54) is 4.88 Å². The summed E-state index contributed by atoms with van der Waals surface area (Å²) in [6.45, 7) is 4.39. The highest BCUT2D eigenvalue weighted by atomic mass is 32.2. The molecule has 0 aliphatic carbocycles. The molecule has 142 valence electrons. The predicted molar refractivity (Wildman–Crippen MR) is 107 cm³/mol. The lowest BCUT2D eigenvalue weighted by Crippen LogP contribution is -2.47. The van der Waals surface area contributed by atoms with Crippen LogP contribution in [0.15, 0.2) is 23.6 Å². The average molecular weight is 404 g/mol. The molecule has 2 saturated heterocycles. The van der Waals surface area contributed by atoms with Crippen molar-refractivity contribution < 1.29 is 14.4 Å². The van der Waals surface area contributed by atoms with Gasteiger partial charge in [0.1, 0.15) is 5.54 Å². The summed E-state index contributed by atoms with van der Waals surface area (Å²) in [6.07, 6.45) is 0.627. The molecule has 6 nitrogen and oxygen atoms in total. The van der Waals surface area contributed by atoms with Gasteiger partial charge in [0.25, 0.3) is 5.91 Å². The van der Waals surface area contributed by atoms with Crippen LogP contribution in [0.2, 0.25) is 0 Å². The topological polar surface area (TPSA) is 71.4 Å². The van der Waals surface area contributed by atoms with Crippen LogP contribution in [-0.4, -0.2) is 50.8 Å². The number of rotatable bonds is 5. The van der Waals surface area contributed by atoms with Gasteiger partial charge in [0.15, 0.2) is 5.78 Å². The Hall–Kier alpha value is -2.06. The number of imide groups is 1. The standard InChI is InChI=1S/C19H21N3O3S2/c1-12-8-15(13(2)21(12)9-14-4-3-6-27-14)16(23)10-22-17(24)19(20-18(22)25)5-7-26-11-19/h3-4,6,8H,5,7,9-11H2,1-2H3,(H,20,25). The summed E-state index contributed by atoms with van der Waals surface area (Å²) in [5.74, 6) is 0.958. The monoisotopic (exact) mass is 403 g/mol. The third kappa shape index (κ3) is 3.10. The summed E-state index contributed by atoms with van der Waals surface area (Å²) in [5, 5.41) is 4.84. The van der Waals surface area contributed by atoms with Crippen LogP contribution in [0.25, 0.3) is 0 Å². The first kappa shape index (κ1) is 18.3. The number of aryl methyl sites for hydroxylation is 1. The summed E-state index contributed by atoms with van der Waals surface area (Å²) in [5.41, 5.74) is 1.62. The molecule has 1 atom stereocenters. The lowest BCUT2D eigenvalue weighted by atomic mass is 9.99. The number of thiophene rings is 1. The number of aromatic nitrogens is 1. The maximum Gasteiger partial charge on any atom is 0.325 e. The number of urea groups is 1. The van der Waals surface area contributed by atoms with E-state index in [-0.39, 0.29) is 18.2 Å². The van der Waals surface area contributed by atoms with Gasteiger partial charge in [-0.1, -0.05) is 6.07 Å². The maximum absolute atomic E-state index is 12.9. The largest absolute Gasteiger partial charge is 0.343 e. The number of Topliss-reactive ketones (excluding diaryl/α,β-unsaturated/α-hetero) is 1. The molecule has 0 aromatic carbocycles. The second-order valence-corrected chi connectivity index (χ2v) is 9.22. The van der Waals surface area contributed by atoms with Gasteiger partial charge in [-0.3, -0.25) is 14.5 Å². The van der Waals surface area contributed by atoms with Crippen molar-refractivity contribution in [3.05, 3.63) is 45.4 Å². The second kappa shape index (κ2) is 6.83. The van der Waals surface area contributed by atoms with Crippen molar-refractivity contribution >= 4 is 40.8 Å². The van der Waals surface area contributed by atoms with Crippen LogP contribution in [0.4, 0.5) is 4.79 Å². The van der Waals surface area contributed by atoms with E-state index < -0.39 is 11.6 Å². The minimum atomic E-state index is -0.807. The predicted octanol–water partition coefficient (Wildman–Crippen LogP) is 2.82. The quantitative estimate of drug-likeness (QED) is 0.616.